The molecule has 0 saturated heterocycles. The van der Waals surface area contributed by atoms with Crippen molar-refractivity contribution in [1.82, 2.24) is 15.3 Å². The predicted molar refractivity (Wildman–Crippen MR) is 98.7 cm³/mol. The average Bonchev–Trinajstić information content (AvgIpc) is 2.87. The first-order valence-electron chi connectivity index (χ1n) is 7.50. The standard InChI is InChI=1S/C17H17ClN4OS/c1-10-11(2)24-17-15(10)16(21-9-22-17)20-8-14(23)19-7-12-3-5-13(18)6-4-12/h3-6,9H,7-8H2,1-2H3,(H,19,23)(H,20,21,22). The van der Waals surface area contributed by atoms with Gasteiger partial charge in [0.05, 0.1) is 11.9 Å². The van der Waals surface area contributed by atoms with Crippen LogP contribution in [0.5, 0.6) is 0 Å². The molecule has 2 heterocycles. The van der Waals surface area contributed by atoms with Crippen LogP contribution in [0.2, 0.25) is 5.02 Å². The fourth-order valence-electron chi connectivity index (χ4n) is 2.35. The number of rotatable bonds is 5. The second-order valence-electron chi connectivity index (χ2n) is 5.44. The van der Waals surface area contributed by atoms with Gasteiger partial charge in [-0.3, -0.25) is 4.79 Å². The van der Waals surface area contributed by atoms with E-state index >= 15 is 0 Å². The average molecular weight is 361 g/mol. The van der Waals surface area contributed by atoms with E-state index in [0.717, 1.165) is 21.3 Å². The van der Waals surface area contributed by atoms with Gasteiger partial charge in [-0.2, -0.15) is 0 Å². The van der Waals surface area contributed by atoms with Crippen LogP contribution >= 0.6 is 22.9 Å². The molecular weight excluding hydrogens is 344 g/mol. The zero-order chi connectivity index (χ0) is 17.1. The smallest absolute Gasteiger partial charge is 0.239 e. The Bertz CT molecular complexity index is 876. The maximum atomic E-state index is 12.0. The SMILES string of the molecule is Cc1sc2ncnc(NCC(=O)NCc3ccc(Cl)cc3)c2c1C. The van der Waals surface area contributed by atoms with E-state index < -0.39 is 0 Å². The van der Waals surface area contributed by atoms with Gasteiger partial charge in [0.2, 0.25) is 5.91 Å². The molecule has 1 amide bonds. The molecule has 2 aromatic heterocycles. The van der Waals surface area contributed by atoms with Crippen molar-refractivity contribution < 1.29 is 4.79 Å². The lowest BCUT2D eigenvalue weighted by Gasteiger charge is -2.08. The summed E-state index contributed by atoms with van der Waals surface area (Å²) in [4.78, 5) is 22.7. The van der Waals surface area contributed by atoms with E-state index in [1.54, 1.807) is 23.5 Å². The van der Waals surface area contributed by atoms with Crippen molar-refractivity contribution in [2.45, 2.75) is 20.4 Å². The molecule has 0 radical (unpaired) electrons. The molecule has 0 aliphatic rings. The van der Waals surface area contributed by atoms with Crippen LogP contribution in [0, 0.1) is 13.8 Å². The molecule has 7 heteroatoms. The van der Waals surface area contributed by atoms with E-state index in [4.69, 9.17) is 11.6 Å². The van der Waals surface area contributed by atoms with Crippen LogP contribution in [-0.2, 0) is 11.3 Å². The number of fused-ring (bicyclic) bond motifs is 1. The Labute approximate surface area is 149 Å². The molecule has 3 aromatic rings. The van der Waals surface area contributed by atoms with Crippen molar-refractivity contribution in [3.8, 4) is 0 Å². The molecule has 0 bridgehead atoms. The van der Waals surface area contributed by atoms with E-state index in [-0.39, 0.29) is 12.5 Å². The first kappa shape index (κ1) is 16.7. The molecule has 0 spiro atoms. The largest absolute Gasteiger partial charge is 0.360 e. The Morgan fingerprint density at radius 3 is 2.71 bits per heavy atom. The van der Waals surface area contributed by atoms with Gasteiger partial charge >= 0.3 is 0 Å². The Kier molecular flexibility index (Phi) is 4.97. The molecule has 0 fully saturated rings. The molecule has 0 aliphatic carbocycles. The number of nitrogens with one attached hydrogen (secondary N) is 2. The van der Waals surface area contributed by atoms with Crippen molar-refractivity contribution in [2.24, 2.45) is 0 Å². The lowest BCUT2D eigenvalue weighted by Crippen LogP contribution is -2.29. The highest BCUT2D eigenvalue weighted by Gasteiger charge is 2.12. The Morgan fingerprint density at radius 1 is 1.21 bits per heavy atom. The number of hydrogen-bond donors (Lipinski definition) is 2. The lowest BCUT2D eigenvalue weighted by atomic mass is 10.2. The van der Waals surface area contributed by atoms with Crippen LogP contribution in [0.15, 0.2) is 30.6 Å². The number of nitrogens with zero attached hydrogens (tertiary/aromatic N) is 2. The number of thiophene rings is 1. The molecule has 124 valence electrons. The zero-order valence-electron chi connectivity index (χ0n) is 13.4. The van der Waals surface area contributed by atoms with Gasteiger partial charge in [-0.1, -0.05) is 23.7 Å². The molecular formula is C17H17ClN4OS. The second kappa shape index (κ2) is 7.15. The number of carbonyl (C=O) groups is 1. The van der Waals surface area contributed by atoms with Gasteiger partial charge in [0, 0.05) is 16.4 Å². The quantitative estimate of drug-likeness (QED) is 0.728. The molecule has 3 rings (SSSR count). The molecule has 2 N–H and O–H groups in total. The second-order valence-corrected chi connectivity index (χ2v) is 7.08. The molecule has 24 heavy (non-hydrogen) atoms. The van der Waals surface area contributed by atoms with E-state index in [1.807, 2.05) is 19.1 Å². The van der Waals surface area contributed by atoms with Crippen molar-refractivity contribution in [2.75, 3.05) is 11.9 Å². The van der Waals surface area contributed by atoms with Crippen molar-refractivity contribution in [1.29, 1.82) is 0 Å². The molecule has 5 nitrogen and oxygen atoms in total. The number of anilines is 1. The molecule has 0 aliphatic heterocycles. The van der Waals surface area contributed by atoms with Gasteiger partial charge in [-0.15, -0.1) is 11.3 Å². The van der Waals surface area contributed by atoms with Crippen molar-refractivity contribution in [3.63, 3.8) is 0 Å². The molecule has 0 saturated carbocycles. The van der Waals surface area contributed by atoms with Gasteiger partial charge in [0.1, 0.15) is 17.0 Å². The summed E-state index contributed by atoms with van der Waals surface area (Å²) in [6.45, 7) is 4.73. The highest BCUT2D eigenvalue weighted by atomic mass is 35.5. The van der Waals surface area contributed by atoms with E-state index in [2.05, 4.69) is 27.5 Å². The van der Waals surface area contributed by atoms with E-state index in [0.29, 0.717) is 17.4 Å². The summed E-state index contributed by atoms with van der Waals surface area (Å²) in [7, 11) is 0. The molecule has 0 unspecified atom stereocenters. The van der Waals surface area contributed by atoms with Crippen LogP contribution in [0.1, 0.15) is 16.0 Å². The zero-order valence-corrected chi connectivity index (χ0v) is 15.0. The third kappa shape index (κ3) is 3.66. The first-order chi connectivity index (χ1) is 11.5. The molecule has 1 aromatic carbocycles. The highest BCUT2D eigenvalue weighted by Crippen LogP contribution is 2.32. The van der Waals surface area contributed by atoms with E-state index in [1.165, 1.54) is 11.2 Å². The van der Waals surface area contributed by atoms with Crippen molar-refractivity contribution in [3.05, 3.63) is 51.6 Å². The monoisotopic (exact) mass is 360 g/mol. The van der Waals surface area contributed by atoms with Crippen LogP contribution in [0.4, 0.5) is 5.82 Å². The van der Waals surface area contributed by atoms with Crippen molar-refractivity contribution >= 4 is 44.9 Å². The van der Waals surface area contributed by atoms with Gasteiger partial charge in [0.25, 0.3) is 0 Å². The summed E-state index contributed by atoms with van der Waals surface area (Å²) >= 11 is 7.48. The first-order valence-corrected chi connectivity index (χ1v) is 8.70. The lowest BCUT2D eigenvalue weighted by molar-refractivity contribution is -0.119. The van der Waals surface area contributed by atoms with Gasteiger partial charge in [-0.25, -0.2) is 9.97 Å². The van der Waals surface area contributed by atoms with Crippen LogP contribution in [-0.4, -0.2) is 22.4 Å². The minimum Gasteiger partial charge on any atom is -0.360 e. The predicted octanol–water partition coefficient (Wildman–Crippen LogP) is 3.69. The maximum absolute atomic E-state index is 12.0. The van der Waals surface area contributed by atoms with Crippen LogP contribution < -0.4 is 10.6 Å². The third-order valence-corrected chi connectivity index (χ3v) is 5.15. The summed E-state index contributed by atoms with van der Waals surface area (Å²) in [6.07, 6.45) is 1.52. The fraction of sp³-hybridized carbons (Fsp3) is 0.235. The number of aromatic nitrogens is 2. The van der Waals surface area contributed by atoms with E-state index in [9.17, 15) is 4.79 Å². The Morgan fingerprint density at radius 2 is 1.96 bits per heavy atom. The Balaban J connectivity index is 1.61. The van der Waals surface area contributed by atoms with Gasteiger partial charge in [-0.05, 0) is 37.1 Å². The fourth-order valence-corrected chi connectivity index (χ4v) is 3.47. The summed E-state index contributed by atoms with van der Waals surface area (Å²) in [6, 6.07) is 7.39. The Hall–Kier alpha value is -2.18. The van der Waals surface area contributed by atoms with Crippen LogP contribution in [0.3, 0.4) is 0 Å². The third-order valence-electron chi connectivity index (χ3n) is 3.78. The summed E-state index contributed by atoms with van der Waals surface area (Å²) in [5.74, 6) is 0.602. The van der Waals surface area contributed by atoms with Gasteiger partial charge < -0.3 is 10.6 Å². The number of halogens is 1. The highest BCUT2D eigenvalue weighted by molar-refractivity contribution is 7.18. The summed E-state index contributed by atoms with van der Waals surface area (Å²) in [5.41, 5.74) is 2.15. The number of benzene rings is 1. The minimum atomic E-state index is -0.0960. The number of hydrogen-bond acceptors (Lipinski definition) is 5. The maximum Gasteiger partial charge on any atom is 0.239 e. The minimum absolute atomic E-state index is 0.0960. The molecule has 0 atom stereocenters. The normalized spacial score (nSPS) is 10.8. The number of aryl methyl sites for hydroxylation is 2. The summed E-state index contributed by atoms with van der Waals surface area (Å²) < 4.78 is 0. The summed E-state index contributed by atoms with van der Waals surface area (Å²) in [5, 5.41) is 7.65. The number of carbonyl (C=O) groups excluding carboxylic acids is 1. The topological polar surface area (TPSA) is 66.9 Å². The van der Waals surface area contributed by atoms with Crippen LogP contribution in [0.25, 0.3) is 10.2 Å². The van der Waals surface area contributed by atoms with Gasteiger partial charge in [0.15, 0.2) is 0 Å². The number of amides is 1.